The molecule has 1 saturated carbocycles. The third kappa shape index (κ3) is 3.25. The monoisotopic (exact) mass is 441 g/mol. The Morgan fingerprint density at radius 3 is 2.66 bits per heavy atom. The van der Waals surface area contributed by atoms with Gasteiger partial charge in [0, 0.05) is 0 Å². The van der Waals surface area contributed by atoms with E-state index in [4.69, 9.17) is 18.6 Å². The first-order valence-corrected chi connectivity index (χ1v) is 10.7. The number of hydrogen-bond acceptors (Lipinski definition) is 6. The molecule has 2 aliphatic heterocycles. The quantitative estimate of drug-likeness (QED) is 0.704. The molecule has 8 heteroatoms. The van der Waals surface area contributed by atoms with Crippen LogP contribution < -0.4 is 9.47 Å². The van der Waals surface area contributed by atoms with E-state index in [-0.39, 0.29) is 36.0 Å². The third-order valence-electron chi connectivity index (χ3n) is 6.51. The molecule has 7 nitrogen and oxygen atoms in total. The summed E-state index contributed by atoms with van der Waals surface area (Å²) >= 11 is 0. The summed E-state index contributed by atoms with van der Waals surface area (Å²) in [6.07, 6.45) is 0.896. The molecule has 32 heavy (non-hydrogen) atoms. The number of Topliss-reactive ketones (excluding diaryl/α,β-unsaturated/α-hetero) is 1. The van der Waals surface area contributed by atoms with Crippen LogP contribution in [-0.4, -0.2) is 43.1 Å². The van der Waals surface area contributed by atoms with Crippen molar-refractivity contribution in [1.29, 1.82) is 0 Å². The summed E-state index contributed by atoms with van der Waals surface area (Å²) < 4.78 is 36.4. The maximum atomic E-state index is 14.1. The molecule has 3 aliphatic rings. The maximum Gasteiger partial charge on any atom is 0.290 e. The summed E-state index contributed by atoms with van der Waals surface area (Å²) in [5.74, 6) is 0.493. The number of ketones is 1. The van der Waals surface area contributed by atoms with Crippen LogP contribution in [0, 0.1) is 5.92 Å². The van der Waals surface area contributed by atoms with E-state index in [1.807, 2.05) is 0 Å². The lowest BCUT2D eigenvalue weighted by molar-refractivity contribution is -0.136. The Bertz CT molecular complexity index is 1080. The molecular weight excluding hydrogens is 417 g/mol. The van der Waals surface area contributed by atoms with Crippen LogP contribution in [0.5, 0.6) is 11.5 Å². The zero-order valence-corrected chi connectivity index (χ0v) is 17.9. The summed E-state index contributed by atoms with van der Waals surface area (Å²) in [5.41, 5.74) is 0.958. The molecule has 0 radical (unpaired) electrons. The predicted octanol–water partition coefficient (Wildman–Crippen LogP) is 3.74. The molecule has 1 fully saturated rings. The van der Waals surface area contributed by atoms with Gasteiger partial charge in [0.25, 0.3) is 5.91 Å². The van der Waals surface area contributed by atoms with Gasteiger partial charge in [0.2, 0.25) is 0 Å². The van der Waals surface area contributed by atoms with Crippen molar-refractivity contribution in [2.24, 2.45) is 5.92 Å². The average Bonchev–Trinajstić information content (AvgIpc) is 3.41. The molecule has 0 spiro atoms. The summed E-state index contributed by atoms with van der Waals surface area (Å²) in [6.45, 7) is 0.162. The van der Waals surface area contributed by atoms with E-state index in [9.17, 15) is 14.0 Å². The molecule has 5 rings (SSSR count). The first-order chi connectivity index (χ1) is 15.5. The highest BCUT2D eigenvalue weighted by atomic mass is 19.1. The number of ether oxygens (including phenoxy) is 3. The fraction of sp³-hybridized carbons (Fsp3) is 0.417. The molecule has 0 N–H and O–H groups in total. The van der Waals surface area contributed by atoms with Gasteiger partial charge in [0.05, 0.1) is 44.6 Å². The van der Waals surface area contributed by atoms with Crippen molar-refractivity contribution >= 4 is 11.7 Å². The van der Waals surface area contributed by atoms with E-state index < -0.39 is 24.2 Å². The number of rotatable bonds is 5. The fourth-order valence-electron chi connectivity index (χ4n) is 4.97. The van der Waals surface area contributed by atoms with Crippen LogP contribution in [0.4, 0.5) is 4.39 Å². The van der Waals surface area contributed by atoms with Gasteiger partial charge in [-0.1, -0.05) is 6.07 Å². The van der Waals surface area contributed by atoms with Gasteiger partial charge in [-0.3, -0.25) is 9.59 Å². The van der Waals surface area contributed by atoms with Crippen molar-refractivity contribution in [1.82, 2.24) is 4.90 Å². The standard InChI is InChI=1S/C24H24FNO6/c1-29-18-7-5-13(10-19(18)30-2)21-20-22(27)16-11-14(25)6-8-17(16)32-23(20)24(28)26(21)12-15-4-3-9-31-15/h3-5,7,9-10,14,16-17,21H,6,8,11-12H2,1-2H3. The number of nitrogens with zero attached hydrogens (tertiary/aromatic N) is 1. The van der Waals surface area contributed by atoms with Gasteiger partial charge in [-0.25, -0.2) is 4.39 Å². The largest absolute Gasteiger partial charge is 0.493 e. The zero-order chi connectivity index (χ0) is 22.4. The third-order valence-corrected chi connectivity index (χ3v) is 6.51. The highest BCUT2D eigenvalue weighted by Gasteiger charge is 2.53. The van der Waals surface area contributed by atoms with Crippen molar-refractivity contribution < 1.29 is 32.6 Å². The maximum absolute atomic E-state index is 14.1. The van der Waals surface area contributed by atoms with Crippen molar-refractivity contribution in [3.8, 4) is 11.5 Å². The van der Waals surface area contributed by atoms with E-state index in [1.54, 1.807) is 35.2 Å². The molecule has 3 heterocycles. The highest BCUT2D eigenvalue weighted by Crippen LogP contribution is 2.48. The minimum Gasteiger partial charge on any atom is -0.493 e. The lowest BCUT2D eigenvalue weighted by Gasteiger charge is -2.36. The minimum absolute atomic E-state index is 0.0694. The Balaban J connectivity index is 1.60. The van der Waals surface area contributed by atoms with Gasteiger partial charge >= 0.3 is 0 Å². The van der Waals surface area contributed by atoms with E-state index in [1.165, 1.54) is 20.5 Å². The van der Waals surface area contributed by atoms with Crippen LogP contribution in [-0.2, 0) is 20.9 Å². The molecular formula is C24H24FNO6. The van der Waals surface area contributed by atoms with Crippen molar-refractivity contribution in [3.05, 3.63) is 59.3 Å². The molecule has 1 amide bonds. The molecule has 2 aromatic rings. The molecule has 0 saturated heterocycles. The normalized spacial score (nSPS) is 27.2. The second kappa shape index (κ2) is 8.00. The Morgan fingerprint density at radius 2 is 1.94 bits per heavy atom. The van der Waals surface area contributed by atoms with Gasteiger partial charge in [-0.2, -0.15) is 0 Å². The van der Waals surface area contributed by atoms with Crippen molar-refractivity contribution in [2.75, 3.05) is 14.2 Å². The number of carbonyl (C=O) groups is 2. The smallest absolute Gasteiger partial charge is 0.290 e. The SMILES string of the molecule is COc1ccc(C2C3=C(OC4CCC(F)CC4C3=O)C(=O)N2Cc2ccco2)cc1OC. The van der Waals surface area contributed by atoms with Crippen LogP contribution in [0.2, 0.25) is 0 Å². The molecule has 168 valence electrons. The van der Waals surface area contributed by atoms with Crippen molar-refractivity contribution in [2.45, 2.75) is 44.1 Å². The predicted molar refractivity (Wildman–Crippen MR) is 111 cm³/mol. The molecule has 4 unspecified atom stereocenters. The van der Waals surface area contributed by atoms with Gasteiger partial charge in [-0.05, 0) is 49.1 Å². The van der Waals surface area contributed by atoms with Gasteiger partial charge in [-0.15, -0.1) is 0 Å². The van der Waals surface area contributed by atoms with E-state index >= 15 is 0 Å². The Labute approximate surface area is 184 Å². The Hall–Kier alpha value is -3.29. The zero-order valence-electron chi connectivity index (χ0n) is 17.9. The minimum atomic E-state index is -1.04. The molecule has 1 aliphatic carbocycles. The molecule has 0 bridgehead atoms. The second-order valence-corrected chi connectivity index (χ2v) is 8.31. The van der Waals surface area contributed by atoms with Crippen LogP contribution >= 0.6 is 0 Å². The summed E-state index contributed by atoms with van der Waals surface area (Å²) in [6, 6.07) is 8.09. The Kier molecular flexibility index (Phi) is 5.15. The number of furan rings is 1. The molecule has 4 atom stereocenters. The molecule has 1 aromatic heterocycles. The number of benzene rings is 1. The average molecular weight is 441 g/mol. The molecule has 1 aromatic carbocycles. The number of amides is 1. The van der Waals surface area contributed by atoms with Crippen LogP contribution in [0.25, 0.3) is 0 Å². The number of alkyl halides is 1. The number of methoxy groups -OCH3 is 2. The first kappa shape index (κ1) is 20.6. The highest BCUT2D eigenvalue weighted by molar-refractivity contribution is 6.11. The first-order valence-electron chi connectivity index (χ1n) is 10.7. The summed E-state index contributed by atoms with van der Waals surface area (Å²) in [5, 5.41) is 0. The summed E-state index contributed by atoms with van der Waals surface area (Å²) in [7, 11) is 3.06. The van der Waals surface area contributed by atoms with Crippen molar-refractivity contribution in [3.63, 3.8) is 0 Å². The topological polar surface area (TPSA) is 78.2 Å². The van der Waals surface area contributed by atoms with Gasteiger partial charge in [0.15, 0.2) is 23.0 Å². The number of halogens is 1. The van der Waals surface area contributed by atoms with Crippen LogP contribution in [0.1, 0.15) is 36.6 Å². The van der Waals surface area contributed by atoms with E-state index in [0.29, 0.717) is 35.7 Å². The van der Waals surface area contributed by atoms with Crippen LogP contribution in [0.3, 0.4) is 0 Å². The Morgan fingerprint density at radius 1 is 1.12 bits per heavy atom. The van der Waals surface area contributed by atoms with Gasteiger partial charge < -0.3 is 23.5 Å². The van der Waals surface area contributed by atoms with Crippen LogP contribution in [0.15, 0.2) is 52.3 Å². The van der Waals surface area contributed by atoms with E-state index in [2.05, 4.69) is 0 Å². The number of fused-ring (bicyclic) bond motifs is 1. The fourth-order valence-corrected chi connectivity index (χ4v) is 4.97. The lowest BCUT2D eigenvalue weighted by atomic mass is 9.77. The number of carbonyl (C=O) groups excluding carboxylic acids is 2. The lowest BCUT2D eigenvalue weighted by Crippen LogP contribution is -2.42. The number of hydrogen-bond donors (Lipinski definition) is 0. The van der Waals surface area contributed by atoms with E-state index in [0.717, 1.165) is 0 Å². The summed E-state index contributed by atoms with van der Waals surface area (Å²) in [4.78, 5) is 28.6. The van der Waals surface area contributed by atoms with Gasteiger partial charge in [0.1, 0.15) is 18.0 Å². The second-order valence-electron chi connectivity index (χ2n) is 8.31.